The fourth-order valence-electron chi connectivity index (χ4n) is 8.31. The smallest absolute Gasteiger partial charge is 0.393 e. The molecule has 0 radical (unpaired) electrons. The van der Waals surface area contributed by atoms with Crippen molar-refractivity contribution >= 4 is 10.4 Å². The van der Waals surface area contributed by atoms with Gasteiger partial charge in [0.25, 0.3) is 0 Å². The normalized spacial score (nSPS) is 51.1. The first kappa shape index (κ1) is 20.1. The first-order valence-corrected chi connectivity index (χ1v) is 12.2. The highest BCUT2D eigenvalue weighted by molar-refractivity contribution is 7.80. The standard InChI is InChI=1S/C21H36O5S/c1-13(26-27(23,24)25)17-6-7-18-16-5-4-14-12-15(22)8-10-20(14,2)19(16)9-11-21(17,18)3/h13-19,22H,4-12H2,1-3H3,(H,23,24,25)/t13-,14-,15+,16-,17+,18-,19-,20-,21+/m0/s1. The molecule has 0 aromatic rings. The molecule has 4 rings (SSSR count). The van der Waals surface area contributed by atoms with Crippen molar-refractivity contribution in [2.75, 3.05) is 0 Å². The van der Waals surface area contributed by atoms with Gasteiger partial charge in [-0.15, -0.1) is 0 Å². The zero-order valence-electron chi connectivity index (χ0n) is 16.9. The molecule has 0 aliphatic heterocycles. The predicted molar refractivity (Wildman–Crippen MR) is 103 cm³/mol. The lowest BCUT2D eigenvalue weighted by Crippen LogP contribution is -2.54. The zero-order chi connectivity index (χ0) is 19.6. The molecule has 0 amide bonds. The van der Waals surface area contributed by atoms with Crippen molar-refractivity contribution in [2.24, 2.45) is 40.4 Å². The predicted octanol–water partition coefficient (Wildman–Crippen LogP) is 4.21. The van der Waals surface area contributed by atoms with E-state index < -0.39 is 16.5 Å². The van der Waals surface area contributed by atoms with Crippen LogP contribution in [0, 0.1) is 40.4 Å². The zero-order valence-corrected chi connectivity index (χ0v) is 17.7. The van der Waals surface area contributed by atoms with Gasteiger partial charge in [0, 0.05) is 0 Å². The second kappa shape index (κ2) is 6.68. The van der Waals surface area contributed by atoms with Crippen molar-refractivity contribution in [3.8, 4) is 0 Å². The highest BCUT2D eigenvalue weighted by atomic mass is 32.3. The summed E-state index contributed by atoms with van der Waals surface area (Å²) in [6.07, 6.45) is 9.42. The van der Waals surface area contributed by atoms with Gasteiger partial charge in [-0.05, 0) is 105 Å². The van der Waals surface area contributed by atoms with E-state index in [2.05, 4.69) is 13.8 Å². The van der Waals surface area contributed by atoms with Crippen LogP contribution in [0.1, 0.15) is 78.6 Å². The molecule has 0 saturated heterocycles. The Morgan fingerprint density at radius 3 is 2.33 bits per heavy atom. The summed E-state index contributed by atoms with van der Waals surface area (Å²) in [4.78, 5) is 0. The fourth-order valence-corrected chi connectivity index (χ4v) is 8.82. The summed E-state index contributed by atoms with van der Waals surface area (Å²) in [5.41, 5.74) is 0.459. The summed E-state index contributed by atoms with van der Waals surface area (Å²) in [6, 6.07) is 0. The number of hydrogen-bond acceptors (Lipinski definition) is 4. The molecule has 27 heavy (non-hydrogen) atoms. The van der Waals surface area contributed by atoms with Gasteiger partial charge in [0.1, 0.15) is 0 Å². The molecule has 0 aromatic heterocycles. The minimum atomic E-state index is -4.40. The lowest BCUT2D eigenvalue weighted by atomic mass is 9.44. The Kier molecular flexibility index (Phi) is 4.98. The highest BCUT2D eigenvalue weighted by Crippen LogP contribution is 2.67. The van der Waals surface area contributed by atoms with E-state index in [9.17, 15) is 13.5 Å². The van der Waals surface area contributed by atoms with Gasteiger partial charge >= 0.3 is 10.4 Å². The molecule has 2 N–H and O–H groups in total. The van der Waals surface area contributed by atoms with Gasteiger partial charge in [-0.3, -0.25) is 4.55 Å². The molecular weight excluding hydrogens is 364 g/mol. The molecule has 0 bridgehead atoms. The van der Waals surface area contributed by atoms with Crippen molar-refractivity contribution < 1.29 is 22.3 Å². The van der Waals surface area contributed by atoms with Crippen molar-refractivity contribution in [3.05, 3.63) is 0 Å². The van der Waals surface area contributed by atoms with E-state index in [4.69, 9.17) is 8.74 Å². The van der Waals surface area contributed by atoms with Gasteiger partial charge in [-0.25, -0.2) is 4.18 Å². The Hall–Kier alpha value is -0.170. The van der Waals surface area contributed by atoms with Crippen LogP contribution < -0.4 is 0 Å². The molecule has 0 unspecified atom stereocenters. The molecule has 4 fully saturated rings. The molecule has 156 valence electrons. The summed E-state index contributed by atoms with van der Waals surface area (Å²) in [6.45, 7) is 6.63. The number of aliphatic hydroxyl groups is 1. The fraction of sp³-hybridized carbons (Fsp3) is 1.00. The van der Waals surface area contributed by atoms with Crippen LogP contribution in [-0.4, -0.2) is 30.3 Å². The summed E-state index contributed by atoms with van der Waals surface area (Å²) >= 11 is 0. The van der Waals surface area contributed by atoms with E-state index in [1.54, 1.807) is 6.92 Å². The SMILES string of the molecule is C[C@H](OS(=O)(=O)O)[C@H]1CC[C@H]2[C@@H]3CC[C@H]4C[C@H](O)CC[C@]4(C)[C@H]3CC[C@]12C. The van der Waals surface area contributed by atoms with E-state index >= 15 is 0 Å². The van der Waals surface area contributed by atoms with Crippen LogP contribution in [0.5, 0.6) is 0 Å². The maximum absolute atomic E-state index is 11.2. The lowest BCUT2D eigenvalue weighted by molar-refractivity contribution is -0.131. The summed E-state index contributed by atoms with van der Waals surface area (Å²) in [5, 5.41) is 10.2. The van der Waals surface area contributed by atoms with E-state index in [-0.39, 0.29) is 17.4 Å². The largest absolute Gasteiger partial charge is 0.397 e. The second-order valence-electron chi connectivity index (χ2n) is 10.5. The number of rotatable bonds is 3. The third kappa shape index (κ3) is 3.28. The molecule has 0 heterocycles. The van der Waals surface area contributed by atoms with Gasteiger partial charge in [0.15, 0.2) is 0 Å². The Morgan fingerprint density at radius 2 is 1.63 bits per heavy atom. The third-order valence-corrected chi connectivity index (χ3v) is 10.1. The first-order valence-electron chi connectivity index (χ1n) is 10.9. The third-order valence-electron chi connectivity index (χ3n) is 9.55. The van der Waals surface area contributed by atoms with Crippen molar-refractivity contribution in [1.29, 1.82) is 0 Å². The van der Waals surface area contributed by atoms with Crippen LogP contribution in [0.15, 0.2) is 0 Å². The number of hydrogen-bond donors (Lipinski definition) is 2. The van der Waals surface area contributed by atoms with Gasteiger partial charge in [-0.1, -0.05) is 13.8 Å². The molecule has 4 aliphatic carbocycles. The van der Waals surface area contributed by atoms with Crippen molar-refractivity contribution in [2.45, 2.75) is 90.8 Å². The molecule has 0 aromatic carbocycles. The van der Waals surface area contributed by atoms with E-state index in [0.29, 0.717) is 23.2 Å². The maximum atomic E-state index is 11.2. The molecule has 6 heteroatoms. The minimum absolute atomic E-state index is 0.0999. The summed E-state index contributed by atoms with van der Waals surface area (Å²) < 4.78 is 36.6. The van der Waals surface area contributed by atoms with E-state index in [1.807, 2.05) is 0 Å². The van der Waals surface area contributed by atoms with Crippen molar-refractivity contribution in [3.63, 3.8) is 0 Å². The summed E-state index contributed by atoms with van der Waals surface area (Å²) in [7, 11) is -4.40. The molecule has 4 aliphatic rings. The van der Waals surface area contributed by atoms with Crippen LogP contribution in [0.2, 0.25) is 0 Å². The Morgan fingerprint density at radius 1 is 0.963 bits per heavy atom. The molecular formula is C21H36O5S. The Labute approximate surface area is 164 Å². The molecule has 5 nitrogen and oxygen atoms in total. The van der Waals surface area contributed by atoms with Crippen LogP contribution in [-0.2, 0) is 14.6 Å². The summed E-state index contributed by atoms with van der Waals surface area (Å²) in [5.74, 6) is 2.91. The van der Waals surface area contributed by atoms with Gasteiger partial charge in [-0.2, -0.15) is 8.42 Å². The van der Waals surface area contributed by atoms with E-state index in [1.165, 1.54) is 19.3 Å². The maximum Gasteiger partial charge on any atom is 0.397 e. The Balaban J connectivity index is 1.55. The quantitative estimate of drug-likeness (QED) is 0.693. The average Bonchev–Trinajstić information content (AvgIpc) is 2.91. The first-order chi connectivity index (χ1) is 12.5. The van der Waals surface area contributed by atoms with Crippen LogP contribution in [0.25, 0.3) is 0 Å². The van der Waals surface area contributed by atoms with Crippen LogP contribution in [0.3, 0.4) is 0 Å². The van der Waals surface area contributed by atoms with Crippen LogP contribution >= 0.6 is 0 Å². The van der Waals surface area contributed by atoms with Gasteiger partial charge < -0.3 is 5.11 Å². The van der Waals surface area contributed by atoms with Crippen molar-refractivity contribution in [1.82, 2.24) is 0 Å². The topological polar surface area (TPSA) is 83.8 Å². The number of fused-ring (bicyclic) bond motifs is 5. The van der Waals surface area contributed by atoms with Gasteiger partial charge in [0.2, 0.25) is 0 Å². The van der Waals surface area contributed by atoms with Gasteiger partial charge in [0.05, 0.1) is 12.2 Å². The Bertz CT molecular complexity index is 678. The highest BCUT2D eigenvalue weighted by Gasteiger charge is 2.61. The molecule has 9 atom stereocenters. The minimum Gasteiger partial charge on any atom is -0.393 e. The second-order valence-corrected chi connectivity index (χ2v) is 11.6. The monoisotopic (exact) mass is 400 g/mol. The number of aliphatic hydroxyl groups excluding tert-OH is 1. The molecule has 4 saturated carbocycles. The average molecular weight is 401 g/mol. The molecule has 0 spiro atoms. The van der Waals surface area contributed by atoms with E-state index in [0.717, 1.165) is 44.4 Å². The lowest BCUT2D eigenvalue weighted by Gasteiger charge is -2.61. The van der Waals surface area contributed by atoms with Crippen LogP contribution in [0.4, 0.5) is 0 Å².